The Labute approximate surface area is 117 Å². The molecule has 112 valence electrons. The van der Waals surface area contributed by atoms with Gasteiger partial charge < -0.3 is 5.32 Å². The summed E-state index contributed by atoms with van der Waals surface area (Å²) < 4.78 is 25.9. The van der Waals surface area contributed by atoms with Gasteiger partial charge in [-0.1, -0.05) is 27.7 Å². The molecule has 2 bridgehead atoms. The molecule has 0 aromatic rings. The van der Waals surface area contributed by atoms with Crippen LogP contribution in [-0.2, 0) is 10.0 Å². The van der Waals surface area contributed by atoms with Crippen molar-refractivity contribution in [1.29, 1.82) is 0 Å². The lowest BCUT2D eigenvalue weighted by atomic mass is 9.68. The van der Waals surface area contributed by atoms with Crippen LogP contribution in [-0.4, -0.2) is 33.3 Å². The second-order valence-electron chi connectivity index (χ2n) is 7.12. The van der Waals surface area contributed by atoms with E-state index in [9.17, 15) is 8.42 Å². The van der Waals surface area contributed by atoms with Crippen molar-refractivity contribution in [2.75, 3.05) is 18.8 Å². The maximum absolute atomic E-state index is 11.7. The van der Waals surface area contributed by atoms with Gasteiger partial charge in [0.1, 0.15) is 0 Å². The lowest BCUT2D eigenvalue weighted by Gasteiger charge is -2.43. The van der Waals surface area contributed by atoms with Crippen molar-refractivity contribution in [2.24, 2.45) is 16.7 Å². The second-order valence-corrected chi connectivity index (χ2v) is 9.05. The summed E-state index contributed by atoms with van der Waals surface area (Å²) >= 11 is 0. The summed E-state index contributed by atoms with van der Waals surface area (Å²) in [6, 6.07) is 0.440. The average Bonchev–Trinajstić information content (AvgIpc) is 2.74. The molecule has 1 unspecified atom stereocenters. The fraction of sp³-hybridized carbons (Fsp3) is 1.00. The van der Waals surface area contributed by atoms with Crippen molar-refractivity contribution < 1.29 is 8.42 Å². The van der Waals surface area contributed by atoms with Gasteiger partial charge in [-0.05, 0) is 36.0 Å². The average molecular weight is 288 g/mol. The Morgan fingerprint density at radius 1 is 1.26 bits per heavy atom. The van der Waals surface area contributed by atoms with Gasteiger partial charge in [0.2, 0.25) is 10.0 Å². The maximum Gasteiger partial charge on any atom is 0.212 e. The molecule has 0 heterocycles. The van der Waals surface area contributed by atoms with E-state index in [0.717, 1.165) is 5.92 Å². The van der Waals surface area contributed by atoms with Crippen LogP contribution in [0.15, 0.2) is 0 Å². The van der Waals surface area contributed by atoms with Crippen LogP contribution in [0.5, 0.6) is 0 Å². The fourth-order valence-electron chi connectivity index (χ4n) is 4.44. The summed E-state index contributed by atoms with van der Waals surface area (Å²) in [5.41, 5.74) is 0.644. The predicted molar refractivity (Wildman–Crippen MR) is 78.5 cm³/mol. The molecule has 2 saturated carbocycles. The zero-order valence-corrected chi connectivity index (χ0v) is 13.4. The highest BCUT2D eigenvalue weighted by molar-refractivity contribution is 7.89. The molecule has 2 aliphatic rings. The molecule has 0 aromatic heterocycles. The van der Waals surface area contributed by atoms with E-state index in [1.54, 1.807) is 0 Å². The van der Waals surface area contributed by atoms with E-state index >= 15 is 0 Å². The number of rotatable bonds is 6. The van der Waals surface area contributed by atoms with E-state index in [-0.39, 0.29) is 11.2 Å². The Bertz CT molecular complexity index is 428. The third-order valence-electron chi connectivity index (χ3n) is 5.35. The zero-order valence-electron chi connectivity index (χ0n) is 12.6. The van der Waals surface area contributed by atoms with Crippen LogP contribution >= 0.6 is 0 Å². The molecule has 5 heteroatoms. The molecule has 2 aliphatic carbocycles. The van der Waals surface area contributed by atoms with Crippen LogP contribution in [0.25, 0.3) is 0 Å². The maximum atomic E-state index is 11.7. The van der Waals surface area contributed by atoms with E-state index < -0.39 is 10.0 Å². The van der Waals surface area contributed by atoms with Crippen LogP contribution in [0, 0.1) is 16.7 Å². The van der Waals surface area contributed by atoms with Crippen molar-refractivity contribution in [3.05, 3.63) is 0 Å². The normalized spacial score (nSPS) is 36.8. The molecule has 2 fully saturated rings. The summed E-state index contributed by atoms with van der Waals surface area (Å²) in [6.45, 7) is 9.85. The van der Waals surface area contributed by atoms with E-state index in [1.807, 2.05) is 6.92 Å². The highest BCUT2D eigenvalue weighted by atomic mass is 32.2. The molecule has 0 aromatic carbocycles. The van der Waals surface area contributed by atoms with Gasteiger partial charge in [0.15, 0.2) is 0 Å². The van der Waals surface area contributed by atoms with Gasteiger partial charge in [0, 0.05) is 19.1 Å². The molecule has 4 nitrogen and oxygen atoms in total. The predicted octanol–water partition coefficient (Wildman–Crippen LogP) is 1.73. The van der Waals surface area contributed by atoms with Crippen molar-refractivity contribution in [2.45, 2.75) is 53.0 Å². The molecular weight excluding hydrogens is 260 g/mol. The largest absolute Gasteiger partial charge is 0.312 e. The number of hydrogen-bond donors (Lipinski definition) is 2. The molecule has 0 amide bonds. The van der Waals surface area contributed by atoms with Crippen LogP contribution in [0.1, 0.15) is 47.0 Å². The summed E-state index contributed by atoms with van der Waals surface area (Å²) in [5.74, 6) is 0.967. The Morgan fingerprint density at radius 3 is 2.47 bits per heavy atom. The van der Waals surface area contributed by atoms with E-state index in [4.69, 9.17) is 0 Å². The second kappa shape index (κ2) is 5.01. The molecule has 2 rings (SSSR count). The summed E-state index contributed by atoms with van der Waals surface area (Å²) in [6.07, 6.45) is 3.90. The lowest BCUT2D eigenvalue weighted by Crippen LogP contribution is -2.51. The third kappa shape index (κ3) is 2.83. The number of nitrogens with one attached hydrogen (secondary N) is 2. The number of fused-ring (bicyclic) bond motifs is 2. The molecule has 0 spiro atoms. The first-order valence-corrected chi connectivity index (χ1v) is 9.07. The minimum Gasteiger partial charge on any atom is -0.312 e. The van der Waals surface area contributed by atoms with Gasteiger partial charge in [-0.15, -0.1) is 0 Å². The quantitative estimate of drug-likeness (QED) is 0.782. The van der Waals surface area contributed by atoms with Crippen molar-refractivity contribution in [3.63, 3.8) is 0 Å². The van der Waals surface area contributed by atoms with E-state index in [2.05, 4.69) is 30.8 Å². The summed E-state index contributed by atoms with van der Waals surface area (Å²) in [4.78, 5) is 0. The molecular formula is C14H28N2O2S. The Kier molecular flexibility index (Phi) is 4.02. The Hall–Kier alpha value is -0.130. The smallest absolute Gasteiger partial charge is 0.212 e. The van der Waals surface area contributed by atoms with Gasteiger partial charge in [0.25, 0.3) is 0 Å². The van der Waals surface area contributed by atoms with E-state index in [0.29, 0.717) is 24.5 Å². The van der Waals surface area contributed by atoms with Crippen LogP contribution in [0.2, 0.25) is 0 Å². The first-order chi connectivity index (χ1) is 8.71. The third-order valence-corrected chi connectivity index (χ3v) is 6.82. The van der Waals surface area contributed by atoms with Crippen molar-refractivity contribution >= 4 is 10.0 Å². The first kappa shape index (κ1) is 15.3. The summed E-state index contributed by atoms with van der Waals surface area (Å²) in [5, 5.41) is 3.54. The molecule has 0 aliphatic heterocycles. The topological polar surface area (TPSA) is 58.2 Å². The van der Waals surface area contributed by atoms with Gasteiger partial charge in [-0.25, -0.2) is 13.1 Å². The lowest BCUT2D eigenvalue weighted by molar-refractivity contribution is 0.111. The Balaban J connectivity index is 1.93. The van der Waals surface area contributed by atoms with Gasteiger partial charge in [-0.3, -0.25) is 0 Å². The highest BCUT2D eigenvalue weighted by Gasteiger charge is 2.58. The minimum absolute atomic E-state index is 0.175. The minimum atomic E-state index is -3.11. The zero-order chi connectivity index (χ0) is 14.3. The molecule has 3 atom stereocenters. The number of sulfonamides is 1. The highest BCUT2D eigenvalue weighted by Crippen LogP contribution is 2.62. The molecule has 19 heavy (non-hydrogen) atoms. The molecule has 0 saturated heterocycles. The monoisotopic (exact) mass is 288 g/mol. The van der Waals surface area contributed by atoms with Crippen LogP contribution in [0.4, 0.5) is 0 Å². The van der Waals surface area contributed by atoms with Crippen molar-refractivity contribution in [1.82, 2.24) is 10.0 Å². The number of hydrogen-bond acceptors (Lipinski definition) is 3. The molecule has 0 radical (unpaired) electrons. The summed E-state index contributed by atoms with van der Waals surface area (Å²) in [7, 11) is -3.11. The molecule has 2 N–H and O–H groups in total. The SMILES string of the molecule is CCNS(=O)(=O)CCNC1C(C)(C)[C@H]2CC[C@]1(C)C2. The van der Waals surface area contributed by atoms with Gasteiger partial charge in [-0.2, -0.15) is 0 Å². The standard InChI is InChI=1S/C14H28N2O2S/c1-5-16-19(17,18)9-8-15-12-13(2,3)11-6-7-14(12,4)10-11/h11-12,15-16H,5-10H2,1-4H3/t11-,12?,14+/m0/s1. The Morgan fingerprint density at radius 2 is 1.95 bits per heavy atom. The van der Waals surface area contributed by atoms with Crippen LogP contribution < -0.4 is 10.0 Å². The fourth-order valence-corrected chi connectivity index (χ4v) is 5.41. The van der Waals surface area contributed by atoms with Gasteiger partial charge in [0.05, 0.1) is 5.75 Å². The van der Waals surface area contributed by atoms with E-state index in [1.165, 1.54) is 19.3 Å². The van der Waals surface area contributed by atoms with Gasteiger partial charge >= 0.3 is 0 Å². The first-order valence-electron chi connectivity index (χ1n) is 7.42. The van der Waals surface area contributed by atoms with Crippen molar-refractivity contribution in [3.8, 4) is 0 Å². The van der Waals surface area contributed by atoms with Crippen LogP contribution in [0.3, 0.4) is 0 Å².